The summed E-state index contributed by atoms with van der Waals surface area (Å²) in [6, 6.07) is 8.45. The second kappa shape index (κ2) is 6.33. The van der Waals surface area contributed by atoms with Crippen LogP contribution in [-0.4, -0.2) is 21.4 Å². The van der Waals surface area contributed by atoms with E-state index in [9.17, 15) is 17.6 Å². The number of rotatable bonds is 5. The Morgan fingerprint density at radius 1 is 1.29 bits per heavy atom. The summed E-state index contributed by atoms with van der Waals surface area (Å²) in [5, 5.41) is 2.61. The third kappa shape index (κ3) is 3.87. The van der Waals surface area contributed by atoms with E-state index in [2.05, 4.69) is 10.0 Å². The lowest BCUT2D eigenvalue weighted by Crippen LogP contribution is -2.22. The Morgan fingerprint density at radius 2 is 2.05 bits per heavy atom. The van der Waals surface area contributed by atoms with Gasteiger partial charge >= 0.3 is 0 Å². The number of carbonyl (C=O) groups is 1. The molecule has 2 N–H and O–H groups in total. The Morgan fingerprint density at radius 3 is 2.71 bits per heavy atom. The molecule has 0 spiro atoms. The summed E-state index contributed by atoms with van der Waals surface area (Å²) in [5.41, 5.74) is 0.217. The van der Waals surface area contributed by atoms with Crippen LogP contribution >= 0.6 is 11.3 Å². The van der Waals surface area contributed by atoms with Crippen molar-refractivity contribution in [3.63, 3.8) is 0 Å². The van der Waals surface area contributed by atoms with Crippen molar-refractivity contribution in [2.45, 2.75) is 10.8 Å². The molecule has 1 aromatic carbocycles. The molecule has 21 heavy (non-hydrogen) atoms. The Labute approximate surface area is 125 Å². The van der Waals surface area contributed by atoms with Crippen LogP contribution in [0.1, 0.15) is 15.2 Å². The average molecular weight is 328 g/mol. The molecule has 2 aromatic rings. The quantitative estimate of drug-likeness (QED) is 0.877. The number of nitrogens with one attached hydrogen (secondary N) is 2. The van der Waals surface area contributed by atoms with E-state index in [-0.39, 0.29) is 16.3 Å². The number of thiophene rings is 1. The number of sulfonamides is 1. The first kappa shape index (κ1) is 15.6. The molecule has 2 rings (SSSR count). The molecular weight excluding hydrogens is 315 g/mol. The first-order valence-corrected chi connectivity index (χ1v) is 8.28. The van der Waals surface area contributed by atoms with E-state index >= 15 is 0 Å². The molecule has 1 amide bonds. The minimum atomic E-state index is -3.47. The summed E-state index contributed by atoms with van der Waals surface area (Å²) in [5.74, 6) is -0.901. The van der Waals surface area contributed by atoms with Crippen LogP contribution in [0.2, 0.25) is 0 Å². The minimum Gasteiger partial charge on any atom is -0.347 e. The van der Waals surface area contributed by atoms with Gasteiger partial charge in [-0.15, -0.1) is 11.3 Å². The van der Waals surface area contributed by atoms with Gasteiger partial charge in [0.15, 0.2) is 0 Å². The Hall–Kier alpha value is -1.77. The topological polar surface area (TPSA) is 75.3 Å². The highest BCUT2D eigenvalue weighted by atomic mass is 32.2. The fraction of sp³-hybridized carbons (Fsp3) is 0.154. The van der Waals surface area contributed by atoms with Gasteiger partial charge in [0.05, 0.1) is 6.54 Å². The molecule has 112 valence electrons. The number of hydrogen-bond acceptors (Lipinski definition) is 4. The number of hydrogen-bond donors (Lipinski definition) is 2. The molecular formula is C13H13FN2O3S2. The molecule has 0 atom stereocenters. The van der Waals surface area contributed by atoms with Gasteiger partial charge in [-0.25, -0.2) is 17.5 Å². The molecule has 0 aliphatic heterocycles. The van der Waals surface area contributed by atoms with Gasteiger partial charge in [-0.1, -0.05) is 6.07 Å². The second-order valence-electron chi connectivity index (χ2n) is 4.12. The maximum absolute atomic E-state index is 13.0. The fourth-order valence-electron chi connectivity index (χ4n) is 1.60. The van der Waals surface area contributed by atoms with Crippen LogP contribution < -0.4 is 10.0 Å². The molecule has 1 heterocycles. The predicted molar refractivity (Wildman–Crippen MR) is 78.1 cm³/mol. The summed E-state index contributed by atoms with van der Waals surface area (Å²) in [6.07, 6.45) is 0. The van der Waals surface area contributed by atoms with Crippen molar-refractivity contribution in [3.05, 3.63) is 52.7 Å². The minimum absolute atomic E-state index is 0.180. The molecule has 0 aliphatic carbocycles. The molecule has 0 saturated heterocycles. The van der Waals surface area contributed by atoms with Gasteiger partial charge in [0.1, 0.15) is 10.0 Å². The second-order valence-corrected chi connectivity index (χ2v) is 7.40. The number of amides is 1. The van der Waals surface area contributed by atoms with E-state index in [1.54, 1.807) is 6.07 Å². The summed E-state index contributed by atoms with van der Waals surface area (Å²) in [6.45, 7) is 0.180. The van der Waals surface area contributed by atoms with Crippen LogP contribution in [0, 0.1) is 5.82 Å². The fourth-order valence-corrected chi connectivity index (χ4v) is 3.73. The van der Waals surface area contributed by atoms with Crippen molar-refractivity contribution in [1.82, 2.24) is 10.0 Å². The van der Waals surface area contributed by atoms with Crippen LogP contribution in [0.25, 0.3) is 0 Å². The van der Waals surface area contributed by atoms with Gasteiger partial charge < -0.3 is 5.32 Å². The maximum atomic E-state index is 13.0. The van der Waals surface area contributed by atoms with Crippen LogP contribution in [0.15, 0.2) is 40.6 Å². The van der Waals surface area contributed by atoms with Crippen molar-refractivity contribution in [1.29, 1.82) is 0 Å². The lowest BCUT2D eigenvalue weighted by atomic mass is 10.2. The number of benzene rings is 1. The highest BCUT2D eigenvalue weighted by Crippen LogP contribution is 2.21. The Kier molecular flexibility index (Phi) is 4.71. The Bertz CT molecular complexity index is 756. The zero-order valence-corrected chi connectivity index (χ0v) is 12.7. The van der Waals surface area contributed by atoms with Crippen LogP contribution in [0.4, 0.5) is 4.39 Å². The largest absolute Gasteiger partial charge is 0.347 e. The van der Waals surface area contributed by atoms with Crippen LogP contribution in [0.3, 0.4) is 0 Å². The summed E-state index contributed by atoms with van der Waals surface area (Å²) >= 11 is 1.07. The van der Waals surface area contributed by atoms with Gasteiger partial charge in [0, 0.05) is 10.4 Å². The van der Waals surface area contributed by atoms with E-state index in [0.29, 0.717) is 4.88 Å². The average Bonchev–Trinajstić information content (AvgIpc) is 2.94. The van der Waals surface area contributed by atoms with Gasteiger partial charge in [-0.3, -0.25) is 4.79 Å². The molecule has 0 saturated carbocycles. The zero-order valence-electron chi connectivity index (χ0n) is 11.1. The van der Waals surface area contributed by atoms with Gasteiger partial charge in [0.25, 0.3) is 5.91 Å². The SMILES string of the molecule is CNS(=O)(=O)c1ccc(CNC(=O)c2cccc(F)c2)s1. The highest BCUT2D eigenvalue weighted by Gasteiger charge is 2.14. The lowest BCUT2D eigenvalue weighted by Gasteiger charge is -2.03. The molecule has 0 unspecified atom stereocenters. The highest BCUT2D eigenvalue weighted by molar-refractivity contribution is 7.91. The number of carbonyl (C=O) groups excluding carboxylic acids is 1. The third-order valence-corrected chi connectivity index (χ3v) is 5.67. The van der Waals surface area contributed by atoms with Crippen LogP contribution in [-0.2, 0) is 16.6 Å². The van der Waals surface area contributed by atoms with E-state index in [1.807, 2.05) is 0 Å². The molecule has 0 radical (unpaired) electrons. The molecule has 5 nitrogen and oxygen atoms in total. The van der Waals surface area contributed by atoms with E-state index in [4.69, 9.17) is 0 Å². The van der Waals surface area contributed by atoms with E-state index in [0.717, 1.165) is 17.4 Å². The smallest absolute Gasteiger partial charge is 0.251 e. The van der Waals surface area contributed by atoms with Crippen molar-refractivity contribution < 1.29 is 17.6 Å². The van der Waals surface area contributed by atoms with Crippen molar-refractivity contribution in [2.24, 2.45) is 0 Å². The third-order valence-electron chi connectivity index (χ3n) is 2.68. The van der Waals surface area contributed by atoms with Gasteiger partial charge in [-0.05, 0) is 37.4 Å². The first-order valence-electron chi connectivity index (χ1n) is 5.98. The zero-order chi connectivity index (χ0) is 15.5. The van der Waals surface area contributed by atoms with Crippen molar-refractivity contribution >= 4 is 27.3 Å². The molecule has 0 bridgehead atoms. The maximum Gasteiger partial charge on any atom is 0.251 e. The Balaban J connectivity index is 2.02. The van der Waals surface area contributed by atoms with E-state index < -0.39 is 21.7 Å². The first-order chi connectivity index (χ1) is 9.92. The van der Waals surface area contributed by atoms with E-state index in [1.165, 1.54) is 31.3 Å². The van der Waals surface area contributed by atoms with Gasteiger partial charge in [-0.2, -0.15) is 0 Å². The normalized spacial score (nSPS) is 11.3. The monoisotopic (exact) mass is 328 g/mol. The summed E-state index contributed by atoms with van der Waals surface area (Å²) in [7, 11) is -2.13. The van der Waals surface area contributed by atoms with Crippen molar-refractivity contribution in [2.75, 3.05) is 7.05 Å². The van der Waals surface area contributed by atoms with Crippen LogP contribution in [0.5, 0.6) is 0 Å². The molecule has 0 aliphatic rings. The lowest BCUT2D eigenvalue weighted by molar-refractivity contribution is 0.0951. The molecule has 0 fully saturated rings. The molecule has 1 aromatic heterocycles. The van der Waals surface area contributed by atoms with Crippen molar-refractivity contribution in [3.8, 4) is 0 Å². The van der Waals surface area contributed by atoms with Gasteiger partial charge in [0.2, 0.25) is 10.0 Å². The predicted octanol–water partition coefficient (Wildman–Crippen LogP) is 1.73. The molecule has 8 heteroatoms. The standard InChI is InChI=1S/C13H13FN2O3S2/c1-15-21(18,19)12-6-5-11(20-12)8-16-13(17)9-3-2-4-10(14)7-9/h2-7,15H,8H2,1H3,(H,16,17). The summed E-state index contributed by atoms with van der Waals surface area (Å²) < 4.78 is 38.6. The summed E-state index contributed by atoms with van der Waals surface area (Å²) in [4.78, 5) is 12.5. The number of halogens is 1.